The summed E-state index contributed by atoms with van der Waals surface area (Å²) in [4.78, 5) is 2.73. The summed E-state index contributed by atoms with van der Waals surface area (Å²) in [6, 6.07) is 32.4. The summed E-state index contributed by atoms with van der Waals surface area (Å²) in [5.41, 5.74) is 0. The summed E-state index contributed by atoms with van der Waals surface area (Å²) >= 11 is -1.29. The van der Waals surface area contributed by atoms with Crippen molar-refractivity contribution in [3.05, 3.63) is 91.0 Å². The molecule has 3 aromatic rings. The molecule has 0 aliphatic rings. The van der Waals surface area contributed by atoms with Crippen LogP contribution in [-0.4, -0.2) is 12.3 Å². The Balaban J connectivity index is 1.84. The molecule has 0 atom stereocenters. The molecule has 0 bridgehead atoms. The summed E-state index contributed by atoms with van der Waals surface area (Å²) < 4.78 is 1.49. The van der Waals surface area contributed by atoms with Crippen LogP contribution < -0.4 is 4.35 Å². The Morgan fingerprint density at radius 3 is 1.29 bits per heavy atom. The van der Waals surface area contributed by atoms with Crippen LogP contribution in [0.15, 0.2) is 101 Å². The van der Waals surface area contributed by atoms with Gasteiger partial charge in [-0.1, -0.05) is 0 Å². The van der Waals surface area contributed by atoms with Crippen LogP contribution >= 0.6 is 20.0 Å². The van der Waals surface area contributed by atoms with Gasteiger partial charge in [-0.05, 0) is 0 Å². The minimum absolute atomic E-state index is 1.29. The Bertz CT molecular complexity index is 615. The van der Waals surface area contributed by atoms with Crippen molar-refractivity contribution in [2.24, 2.45) is 0 Å². The zero-order valence-electron chi connectivity index (χ0n) is 11.4. The van der Waals surface area contributed by atoms with Crippen LogP contribution in [0, 0.1) is 0 Å². The predicted octanol–water partition coefficient (Wildman–Crippen LogP) is 4.97. The molecule has 0 N–H and O–H groups in total. The summed E-state index contributed by atoms with van der Waals surface area (Å²) in [7, 11) is 4.09. The SMILES string of the molecule is c1ccc(S[As](Sc2ccccc2)c2ccccc2)cc1. The molecule has 0 radical (unpaired) electrons. The standard InChI is InChI=1S/C18H15AsS2/c1-4-10-16(11-5-1)19(20-17-12-6-2-7-13-17)21-18-14-8-3-9-15-18/h1-15H. The van der Waals surface area contributed by atoms with E-state index in [-0.39, 0.29) is 0 Å². The molecule has 0 unspecified atom stereocenters. The normalized spacial score (nSPS) is 10.7. The first-order chi connectivity index (χ1) is 10.4. The number of benzene rings is 3. The Hall–Kier alpha value is -1.08. The van der Waals surface area contributed by atoms with Gasteiger partial charge in [-0.25, -0.2) is 0 Å². The minimum atomic E-state index is -1.29. The number of rotatable bonds is 5. The molecule has 104 valence electrons. The molecule has 3 heteroatoms. The molecule has 0 aliphatic heterocycles. The average molecular weight is 370 g/mol. The molecule has 3 rings (SSSR count). The van der Waals surface area contributed by atoms with Gasteiger partial charge in [0.25, 0.3) is 0 Å². The first kappa shape index (κ1) is 14.8. The fourth-order valence-corrected chi connectivity index (χ4v) is 13.9. The maximum absolute atomic E-state index is 2.27. The van der Waals surface area contributed by atoms with Crippen LogP contribution in [0.2, 0.25) is 0 Å². The van der Waals surface area contributed by atoms with Gasteiger partial charge in [-0.2, -0.15) is 0 Å². The fourth-order valence-electron chi connectivity index (χ4n) is 1.83. The van der Waals surface area contributed by atoms with Gasteiger partial charge < -0.3 is 0 Å². The Kier molecular flexibility index (Phi) is 5.51. The van der Waals surface area contributed by atoms with E-state index in [0.29, 0.717) is 0 Å². The van der Waals surface area contributed by atoms with Crippen molar-refractivity contribution >= 4 is 36.7 Å². The van der Waals surface area contributed by atoms with Gasteiger partial charge in [-0.3, -0.25) is 0 Å². The van der Waals surface area contributed by atoms with E-state index in [2.05, 4.69) is 91.0 Å². The van der Waals surface area contributed by atoms with Crippen molar-refractivity contribution in [2.75, 3.05) is 0 Å². The summed E-state index contributed by atoms with van der Waals surface area (Å²) in [6.45, 7) is 0. The van der Waals surface area contributed by atoms with E-state index in [1.807, 2.05) is 20.0 Å². The topological polar surface area (TPSA) is 0 Å². The van der Waals surface area contributed by atoms with E-state index < -0.39 is 12.3 Å². The second kappa shape index (κ2) is 7.79. The van der Waals surface area contributed by atoms with Crippen molar-refractivity contribution in [3.63, 3.8) is 0 Å². The Morgan fingerprint density at radius 2 is 0.857 bits per heavy atom. The Labute approximate surface area is 137 Å². The first-order valence-electron chi connectivity index (χ1n) is 6.73. The van der Waals surface area contributed by atoms with Crippen molar-refractivity contribution in [1.29, 1.82) is 0 Å². The summed E-state index contributed by atoms with van der Waals surface area (Å²) in [5.74, 6) is 0. The summed E-state index contributed by atoms with van der Waals surface area (Å²) in [5, 5.41) is 0. The zero-order chi connectivity index (χ0) is 14.3. The molecule has 3 aromatic carbocycles. The van der Waals surface area contributed by atoms with Gasteiger partial charge in [0.2, 0.25) is 0 Å². The molecule has 0 aliphatic carbocycles. The first-order valence-corrected chi connectivity index (χ1v) is 13.8. The van der Waals surface area contributed by atoms with E-state index >= 15 is 0 Å². The van der Waals surface area contributed by atoms with Gasteiger partial charge in [-0.15, -0.1) is 0 Å². The molecule has 0 saturated heterocycles. The van der Waals surface area contributed by atoms with E-state index in [9.17, 15) is 0 Å². The predicted molar refractivity (Wildman–Crippen MR) is 96.4 cm³/mol. The molecule has 0 spiro atoms. The molecule has 0 saturated carbocycles. The van der Waals surface area contributed by atoms with Gasteiger partial charge in [0, 0.05) is 0 Å². The van der Waals surface area contributed by atoms with Crippen LogP contribution in [0.3, 0.4) is 0 Å². The molecular weight excluding hydrogens is 355 g/mol. The quantitative estimate of drug-likeness (QED) is 0.582. The van der Waals surface area contributed by atoms with Crippen LogP contribution in [0.1, 0.15) is 0 Å². The third-order valence-electron chi connectivity index (χ3n) is 2.83. The van der Waals surface area contributed by atoms with E-state index in [1.165, 1.54) is 14.1 Å². The third-order valence-corrected chi connectivity index (χ3v) is 14.9. The second-order valence-corrected chi connectivity index (χ2v) is 15.2. The van der Waals surface area contributed by atoms with Gasteiger partial charge in [0.1, 0.15) is 0 Å². The van der Waals surface area contributed by atoms with Gasteiger partial charge in [0.05, 0.1) is 0 Å². The monoisotopic (exact) mass is 370 g/mol. The maximum atomic E-state index is 2.27. The molecular formula is C18H15AsS2. The molecule has 0 heterocycles. The zero-order valence-corrected chi connectivity index (χ0v) is 14.9. The average Bonchev–Trinajstić information content (AvgIpc) is 2.57. The third kappa shape index (κ3) is 4.44. The molecule has 21 heavy (non-hydrogen) atoms. The van der Waals surface area contributed by atoms with Gasteiger partial charge in [0.15, 0.2) is 0 Å². The molecule has 0 amide bonds. The van der Waals surface area contributed by atoms with Gasteiger partial charge >= 0.3 is 138 Å². The molecule has 0 nitrogen and oxygen atoms in total. The fraction of sp³-hybridized carbons (Fsp3) is 0. The van der Waals surface area contributed by atoms with Crippen molar-refractivity contribution in [2.45, 2.75) is 9.79 Å². The Morgan fingerprint density at radius 1 is 0.476 bits per heavy atom. The van der Waals surface area contributed by atoms with E-state index in [4.69, 9.17) is 0 Å². The second-order valence-electron chi connectivity index (χ2n) is 4.40. The van der Waals surface area contributed by atoms with E-state index in [0.717, 1.165) is 0 Å². The number of hydrogen-bond acceptors (Lipinski definition) is 2. The van der Waals surface area contributed by atoms with Crippen LogP contribution in [-0.2, 0) is 0 Å². The van der Waals surface area contributed by atoms with Crippen molar-refractivity contribution in [3.8, 4) is 0 Å². The number of hydrogen-bond donors (Lipinski definition) is 0. The molecule has 0 fully saturated rings. The molecule has 0 aromatic heterocycles. The van der Waals surface area contributed by atoms with E-state index in [1.54, 1.807) is 0 Å². The van der Waals surface area contributed by atoms with Crippen molar-refractivity contribution < 1.29 is 0 Å². The van der Waals surface area contributed by atoms with Crippen LogP contribution in [0.5, 0.6) is 0 Å². The summed E-state index contributed by atoms with van der Waals surface area (Å²) in [6.07, 6.45) is 0. The van der Waals surface area contributed by atoms with Crippen LogP contribution in [0.4, 0.5) is 0 Å². The van der Waals surface area contributed by atoms with Crippen molar-refractivity contribution in [1.82, 2.24) is 0 Å². The van der Waals surface area contributed by atoms with Crippen LogP contribution in [0.25, 0.3) is 0 Å².